The molecule has 156 valence electrons. The van der Waals surface area contributed by atoms with Gasteiger partial charge < -0.3 is 9.47 Å². The Balaban J connectivity index is 1.97. The van der Waals surface area contributed by atoms with Crippen molar-refractivity contribution in [3.63, 3.8) is 0 Å². The average Bonchev–Trinajstić information content (AvgIpc) is 2.84. The maximum absolute atomic E-state index is 12.5. The molecule has 0 fully saturated rings. The number of nitrogens with zero attached hydrogens (tertiary/aromatic N) is 1. The van der Waals surface area contributed by atoms with Crippen LogP contribution in [0.3, 0.4) is 0 Å². The molecule has 0 amide bonds. The summed E-state index contributed by atoms with van der Waals surface area (Å²) in [6.45, 7) is 0. The minimum Gasteiger partial charge on any atom is -0.497 e. The highest BCUT2D eigenvalue weighted by Crippen LogP contribution is 2.16. The van der Waals surface area contributed by atoms with E-state index >= 15 is 0 Å². The van der Waals surface area contributed by atoms with Crippen molar-refractivity contribution < 1.29 is 19.1 Å². The van der Waals surface area contributed by atoms with E-state index in [0.717, 1.165) is 11.1 Å². The van der Waals surface area contributed by atoms with Gasteiger partial charge in [0.15, 0.2) is 5.78 Å². The molecule has 0 saturated carbocycles. The number of hydrogen-bond acceptors (Lipinski definition) is 6. The van der Waals surface area contributed by atoms with Gasteiger partial charge >= 0.3 is 5.97 Å². The lowest BCUT2D eigenvalue weighted by atomic mass is 10.0. The Morgan fingerprint density at radius 1 is 0.774 bits per heavy atom. The van der Waals surface area contributed by atoms with Gasteiger partial charge in [0.2, 0.25) is 0 Å². The Morgan fingerprint density at radius 3 is 1.87 bits per heavy atom. The van der Waals surface area contributed by atoms with Crippen molar-refractivity contribution in [3.8, 4) is 5.75 Å². The van der Waals surface area contributed by atoms with Crippen molar-refractivity contribution in [2.24, 2.45) is 5.10 Å². The Hall–Kier alpha value is -4.19. The first kappa shape index (κ1) is 21.5. The SMILES string of the molecule is COC(=O)/C(=C/C(=O)c1ccccc1)N/N=C(\c1ccccc1)c1ccc(OC)cc1. The van der Waals surface area contributed by atoms with Crippen molar-refractivity contribution in [1.29, 1.82) is 0 Å². The number of allylic oxidation sites excluding steroid dienone is 1. The second kappa shape index (κ2) is 10.5. The van der Waals surface area contributed by atoms with Crippen LogP contribution in [-0.4, -0.2) is 31.7 Å². The molecule has 3 rings (SSSR count). The van der Waals surface area contributed by atoms with Gasteiger partial charge in [0.05, 0.1) is 19.9 Å². The number of ketones is 1. The molecule has 3 aromatic carbocycles. The average molecular weight is 414 g/mol. The molecule has 3 aromatic rings. The molecule has 0 unspecified atom stereocenters. The standard InChI is InChI=1S/C25H22N2O4/c1-30-21-15-13-20(14-16-21)24(19-11-7-4-8-12-19)27-26-22(25(29)31-2)17-23(28)18-9-5-3-6-10-18/h3-17,26H,1-2H3/b22-17-,27-24+. The fraction of sp³-hybridized carbons (Fsp3) is 0.0800. The molecule has 0 saturated heterocycles. The molecule has 0 radical (unpaired) electrons. The number of hydrogen-bond donors (Lipinski definition) is 1. The highest BCUT2D eigenvalue weighted by Gasteiger charge is 2.14. The lowest BCUT2D eigenvalue weighted by molar-refractivity contribution is -0.136. The summed E-state index contributed by atoms with van der Waals surface area (Å²) in [5.41, 5.74) is 5.32. The lowest BCUT2D eigenvalue weighted by Gasteiger charge is -2.10. The predicted molar refractivity (Wildman–Crippen MR) is 119 cm³/mol. The number of hydrazone groups is 1. The van der Waals surface area contributed by atoms with E-state index in [1.807, 2.05) is 60.7 Å². The molecule has 0 aliphatic heterocycles. The van der Waals surface area contributed by atoms with E-state index in [2.05, 4.69) is 10.5 Å². The zero-order chi connectivity index (χ0) is 22.1. The van der Waals surface area contributed by atoms with Crippen LogP contribution in [0.2, 0.25) is 0 Å². The molecule has 0 aliphatic rings. The summed E-state index contributed by atoms with van der Waals surface area (Å²) in [5.74, 6) is -0.322. The summed E-state index contributed by atoms with van der Waals surface area (Å²) in [4.78, 5) is 24.8. The van der Waals surface area contributed by atoms with Crippen molar-refractivity contribution >= 4 is 17.5 Å². The molecular formula is C25H22N2O4. The second-order valence-corrected chi connectivity index (χ2v) is 6.45. The highest BCUT2D eigenvalue weighted by atomic mass is 16.5. The number of benzene rings is 3. The molecular weight excluding hydrogens is 392 g/mol. The van der Waals surface area contributed by atoms with Crippen LogP contribution in [0, 0.1) is 0 Å². The van der Waals surface area contributed by atoms with E-state index in [4.69, 9.17) is 9.47 Å². The van der Waals surface area contributed by atoms with E-state index in [1.54, 1.807) is 31.4 Å². The summed E-state index contributed by atoms with van der Waals surface area (Å²) < 4.78 is 10.0. The normalized spacial score (nSPS) is 11.5. The van der Waals surface area contributed by atoms with E-state index < -0.39 is 5.97 Å². The molecule has 1 N–H and O–H groups in total. The van der Waals surface area contributed by atoms with Crippen molar-refractivity contribution in [1.82, 2.24) is 5.43 Å². The van der Waals surface area contributed by atoms with Gasteiger partial charge in [-0.1, -0.05) is 60.7 Å². The minimum atomic E-state index is -0.699. The van der Waals surface area contributed by atoms with Crippen LogP contribution in [0.4, 0.5) is 0 Å². The minimum absolute atomic E-state index is 0.0710. The number of esters is 1. The smallest absolute Gasteiger partial charge is 0.356 e. The number of methoxy groups -OCH3 is 2. The molecule has 6 nitrogen and oxygen atoms in total. The predicted octanol–water partition coefficient (Wildman–Crippen LogP) is 3.98. The van der Waals surface area contributed by atoms with Crippen LogP contribution < -0.4 is 10.2 Å². The lowest BCUT2D eigenvalue weighted by Crippen LogP contribution is -2.21. The van der Waals surface area contributed by atoms with Gasteiger partial charge in [-0.25, -0.2) is 4.79 Å². The monoisotopic (exact) mass is 414 g/mol. The topological polar surface area (TPSA) is 77.0 Å². The van der Waals surface area contributed by atoms with Gasteiger partial charge in [0, 0.05) is 22.8 Å². The molecule has 0 heterocycles. The molecule has 0 atom stereocenters. The van der Waals surface area contributed by atoms with Crippen LogP contribution in [0.15, 0.2) is 102 Å². The van der Waals surface area contributed by atoms with E-state index in [1.165, 1.54) is 13.2 Å². The summed E-state index contributed by atoms with van der Waals surface area (Å²) >= 11 is 0. The van der Waals surface area contributed by atoms with Crippen LogP contribution in [0.1, 0.15) is 21.5 Å². The Labute approximate surface area is 180 Å². The first-order valence-corrected chi connectivity index (χ1v) is 9.55. The van der Waals surface area contributed by atoms with E-state index in [9.17, 15) is 9.59 Å². The number of ether oxygens (including phenoxy) is 2. The van der Waals surface area contributed by atoms with Crippen molar-refractivity contribution in [2.75, 3.05) is 14.2 Å². The van der Waals surface area contributed by atoms with Crippen LogP contribution >= 0.6 is 0 Å². The third-order valence-electron chi connectivity index (χ3n) is 4.44. The van der Waals surface area contributed by atoms with Gasteiger partial charge in [-0.3, -0.25) is 10.2 Å². The quantitative estimate of drug-likeness (QED) is 0.198. The molecule has 0 spiro atoms. The summed E-state index contributed by atoms with van der Waals surface area (Å²) in [7, 11) is 2.84. The number of carbonyl (C=O) groups is 2. The maximum atomic E-state index is 12.5. The molecule has 0 aliphatic carbocycles. The van der Waals surface area contributed by atoms with E-state index in [-0.39, 0.29) is 11.5 Å². The van der Waals surface area contributed by atoms with Crippen molar-refractivity contribution in [3.05, 3.63) is 113 Å². The van der Waals surface area contributed by atoms with E-state index in [0.29, 0.717) is 17.0 Å². The second-order valence-electron chi connectivity index (χ2n) is 6.45. The summed E-state index contributed by atoms with van der Waals surface area (Å²) in [6.07, 6.45) is 1.18. The fourth-order valence-electron chi connectivity index (χ4n) is 2.82. The Bertz CT molecular complexity index is 1090. The third-order valence-corrected chi connectivity index (χ3v) is 4.44. The molecule has 0 aromatic heterocycles. The van der Waals surface area contributed by atoms with Gasteiger partial charge in [-0.15, -0.1) is 0 Å². The molecule has 31 heavy (non-hydrogen) atoms. The largest absolute Gasteiger partial charge is 0.497 e. The first-order valence-electron chi connectivity index (χ1n) is 9.55. The fourth-order valence-corrected chi connectivity index (χ4v) is 2.82. The molecule has 6 heteroatoms. The highest BCUT2D eigenvalue weighted by molar-refractivity contribution is 6.13. The van der Waals surface area contributed by atoms with Crippen molar-refractivity contribution in [2.45, 2.75) is 0 Å². The van der Waals surface area contributed by atoms with Gasteiger partial charge in [-0.2, -0.15) is 5.10 Å². The zero-order valence-electron chi connectivity index (χ0n) is 17.2. The van der Waals surface area contributed by atoms with Crippen LogP contribution in [0.5, 0.6) is 5.75 Å². The summed E-state index contributed by atoms with van der Waals surface area (Å²) in [5, 5.41) is 4.44. The number of rotatable bonds is 8. The number of nitrogens with one attached hydrogen (secondary N) is 1. The molecule has 0 bridgehead atoms. The number of carbonyl (C=O) groups excluding carboxylic acids is 2. The van der Waals surface area contributed by atoms with Crippen LogP contribution in [0.25, 0.3) is 0 Å². The zero-order valence-corrected chi connectivity index (χ0v) is 17.2. The maximum Gasteiger partial charge on any atom is 0.356 e. The van der Waals surface area contributed by atoms with Crippen LogP contribution in [-0.2, 0) is 9.53 Å². The first-order chi connectivity index (χ1) is 15.1. The van der Waals surface area contributed by atoms with Gasteiger partial charge in [-0.05, 0) is 24.3 Å². The van der Waals surface area contributed by atoms with Gasteiger partial charge in [0.1, 0.15) is 11.4 Å². The Kier molecular flexibility index (Phi) is 7.32. The van der Waals surface area contributed by atoms with Gasteiger partial charge in [0.25, 0.3) is 0 Å². The summed E-state index contributed by atoms with van der Waals surface area (Å²) in [6, 6.07) is 25.5. The third kappa shape index (κ3) is 5.67. The Morgan fingerprint density at radius 2 is 1.32 bits per heavy atom.